The van der Waals surface area contributed by atoms with Crippen molar-refractivity contribution < 1.29 is 4.79 Å². The zero-order valence-electron chi connectivity index (χ0n) is 5.48. The molecule has 11 heavy (non-hydrogen) atoms. The van der Waals surface area contributed by atoms with Gasteiger partial charge in [0, 0.05) is 6.20 Å². The molecule has 0 aliphatic carbocycles. The van der Waals surface area contributed by atoms with Crippen LogP contribution in [0.15, 0.2) is 18.6 Å². The molecule has 5 nitrogen and oxygen atoms in total. The van der Waals surface area contributed by atoms with Crippen molar-refractivity contribution >= 4 is 5.91 Å². The molecule has 0 fully saturated rings. The Labute approximate surface area is 62.7 Å². The third-order valence-corrected chi connectivity index (χ3v) is 0.984. The van der Waals surface area contributed by atoms with Gasteiger partial charge in [-0.2, -0.15) is 5.26 Å². The second-order valence-electron chi connectivity index (χ2n) is 1.66. The summed E-state index contributed by atoms with van der Waals surface area (Å²) in [6, 6.07) is 1.42. The molecule has 1 amide bonds. The first-order chi connectivity index (χ1) is 5.34. The van der Waals surface area contributed by atoms with Crippen molar-refractivity contribution in [1.82, 2.24) is 15.3 Å². The number of rotatable bonds is 1. The maximum Gasteiger partial charge on any atom is 0.282 e. The van der Waals surface area contributed by atoms with Crippen LogP contribution in [-0.4, -0.2) is 15.9 Å². The van der Waals surface area contributed by atoms with Gasteiger partial charge in [-0.15, -0.1) is 0 Å². The van der Waals surface area contributed by atoms with E-state index in [2.05, 4.69) is 9.97 Å². The highest BCUT2D eigenvalue weighted by molar-refractivity contribution is 5.92. The van der Waals surface area contributed by atoms with Gasteiger partial charge in [0.1, 0.15) is 12.0 Å². The van der Waals surface area contributed by atoms with E-state index >= 15 is 0 Å². The van der Waals surface area contributed by atoms with Gasteiger partial charge in [-0.25, -0.2) is 9.97 Å². The molecule has 1 heterocycles. The second-order valence-corrected chi connectivity index (χ2v) is 1.66. The molecule has 1 aromatic rings. The quantitative estimate of drug-likeness (QED) is 0.437. The monoisotopic (exact) mass is 148 g/mol. The second kappa shape index (κ2) is 3.27. The van der Waals surface area contributed by atoms with E-state index < -0.39 is 5.91 Å². The standard InChI is InChI=1S/C6H4N4O/c7-3-9-6(11)5-1-2-8-4-10-5/h1-2,4H,(H,9,11). The molecule has 0 atom stereocenters. The lowest BCUT2D eigenvalue weighted by atomic mass is 10.4. The van der Waals surface area contributed by atoms with Crippen molar-refractivity contribution in [3.05, 3.63) is 24.3 Å². The van der Waals surface area contributed by atoms with Crippen LogP contribution in [0.1, 0.15) is 10.5 Å². The summed E-state index contributed by atoms with van der Waals surface area (Å²) >= 11 is 0. The molecule has 0 aliphatic rings. The molecule has 0 radical (unpaired) electrons. The van der Waals surface area contributed by atoms with Crippen LogP contribution in [0, 0.1) is 11.5 Å². The fraction of sp³-hybridized carbons (Fsp3) is 0. The van der Waals surface area contributed by atoms with Crippen LogP contribution in [0.2, 0.25) is 0 Å². The largest absolute Gasteiger partial charge is 0.282 e. The molecule has 0 saturated heterocycles. The minimum absolute atomic E-state index is 0.182. The Balaban J connectivity index is 2.79. The molecule has 54 valence electrons. The van der Waals surface area contributed by atoms with Gasteiger partial charge >= 0.3 is 0 Å². The molecule has 1 rings (SSSR count). The summed E-state index contributed by atoms with van der Waals surface area (Å²) in [5.41, 5.74) is 0.182. The number of carbonyl (C=O) groups is 1. The summed E-state index contributed by atoms with van der Waals surface area (Å²) in [4.78, 5) is 18.1. The van der Waals surface area contributed by atoms with Crippen LogP contribution in [0.3, 0.4) is 0 Å². The first-order valence-electron chi connectivity index (χ1n) is 2.80. The lowest BCUT2D eigenvalue weighted by molar-refractivity contribution is 0.0968. The SMILES string of the molecule is N#CNC(=O)c1ccncn1. The Morgan fingerprint density at radius 1 is 1.73 bits per heavy atom. The Bertz CT molecular complexity index is 289. The van der Waals surface area contributed by atoms with Gasteiger partial charge in [-0.1, -0.05) is 0 Å². The van der Waals surface area contributed by atoms with E-state index in [0.717, 1.165) is 0 Å². The van der Waals surface area contributed by atoms with Crippen LogP contribution in [0.5, 0.6) is 0 Å². The van der Waals surface area contributed by atoms with Crippen LogP contribution in [-0.2, 0) is 0 Å². The molecule has 1 N–H and O–H groups in total. The number of aromatic nitrogens is 2. The lowest BCUT2D eigenvalue weighted by Gasteiger charge is -1.92. The van der Waals surface area contributed by atoms with Gasteiger partial charge in [0.15, 0.2) is 6.19 Å². The highest BCUT2D eigenvalue weighted by Crippen LogP contribution is 1.88. The Morgan fingerprint density at radius 2 is 2.55 bits per heavy atom. The third kappa shape index (κ3) is 1.72. The molecule has 1 aromatic heterocycles. The maximum absolute atomic E-state index is 10.8. The summed E-state index contributed by atoms with van der Waals surface area (Å²) in [5, 5.41) is 10.0. The predicted molar refractivity (Wildman–Crippen MR) is 35.1 cm³/mol. The zero-order chi connectivity index (χ0) is 8.10. The van der Waals surface area contributed by atoms with Crippen molar-refractivity contribution in [3.8, 4) is 6.19 Å². The van der Waals surface area contributed by atoms with Gasteiger partial charge < -0.3 is 0 Å². The highest BCUT2D eigenvalue weighted by Gasteiger charge is 2.03. The number of nitrogens with one attached hydrogen (secondary N) is 1. The number of carbonyl (C=O) groups excluding carboxylic acids is 1. The van der Waals surface area contributed by atoms with Gasteiger partial charge in [-0.05, 0) is 6.07 Å². The molecule has 0 aromatic carbocycles. The van der Waals surface area contributed by atoms with Crippen molar-refractivity contribution in [2.24, 2.45) is 0 Å². The predicted octanol–water partition coefficient (Wildman–Crippen LogP) is -0.313. The molecular weight excluding hydrogens is 144 g/mol. The van der Waals surface area contributed by atoms with Gasteiger partial charge in [0.05, 0.1) is 0 Å². The number of nitriles is 1. The van der Waals surface area contributed by atoms with E-state index in [0.29, 0.717) is 0 Å². The first kappa shape index (κ1) is 7.15. The minimum atomic E-state index is -0.519. The van der Waals surface area contributed by atoms with Gasteiger partial charge in [0.25, 0.3) is 5.91 Å². The Kier molecular flexibility index (Phi) is 2.13. The van der Waals surface area contributed by atoms with Crippen LogP contribution < -0.4 is 5.32 Å². The van der Waals surface area contributed by atoms with Crippen molar-refractivity contribution in [2.75, 3.05) is 0 Å². The minimum Gasteiger partial charge on any atom is -0.266 e. The Morgan fingerprint density at radius 3 is 3.09 bits per heavy atom. The van der Waals surface area contributed by atoms with E-state index in [9.17, 15) is 4.79 Å². The first-order valence-corrected chi connectivity index (χ1v) is 2.80. The third-order valence-electron chi connectivity index (χ3n) is 0.984. The fourth-order valence-electron chi connectivity index (χ4n) is 0.540. The topological polar surface area (TPSA) is 78.7 Å². The summed E-state index contributed by atoms with van der Waals surface area (Å²) in [6.07, 6.45) is 4.18. The maximum atomic E-state index is 10.8. The van der Waals surface area contributed by atoms with E-state index in [1.165, 1.54) is 24.8 Å². The highest BCUT2D eigenvalue weighted by atomic mass is 16.1. The summed E-state index contributed by atoms with van der Waals surface area (Å²) in [7, 11) is 0. The number of nitrogens with zero attached hydrogens (tertiary/aromatic N) is 3. The lowest BCUT2D eigenvalue weighted by Crippen LogP contribution is -2.18. The molecule has 0 bridgehead atoms. The summed E-state index contributed by atoms with van der Waals surface area (Å²) in [5.74, 6) is -0.519. The molecule has 5 heteroatoms. The van der Waals surface area contributed by atoms with Crippen molar-refractivity contribution in [3.63, 3.8) is 0 Å². The average molecular weight is 148 g/mol. The van der Waals surface area contributed by atoms with Crippen LogP contribution >= 0.6 is 0 Å². The van der Waals surface area contributed by atoms with Crippen LogP contribution in [0.25, 0.3) is 0 Å². The normalized spacial score (nSPS) is 8.27. The van der Waals surface area contributed by atoms with E-state index in [4.69, 9.17) is 5.26 Å². The zero-order valence-corrected chi connectivity index (χ0v) is 5.48. The molecular formula is C6H4N4O. The van der Waals surface area contributed by atoms with Crippen molar-refractivity contribution in [2.45, 2.75) is 0 Å². The molecule has 0 saturated carbocycles. The van der Waals surface area contributed by atoms with E-state index in [1.807, 2.05) is 5.32 Å². The fourth-order valence-corrected chi connectivity index (χ4v) is 0.540. The molecule has 0 spiro atoms. The smallest absolute Gasteiger partial charge is 0.266 e. The average Bonchev–Trinajstić information content (AvgIpc) is 2.07. The molecule has 0 unspecified atom stereocenters. The summed E-state index contributed by atoms with van der Waals surface area (Å²) in [6.45, 7) is 0. The van der Waals surface area contributed by atoms with Crippen LogP contribution in [0.4, 0.5) is 0 Å². The van der Waals surface area contributed by atoms with E-state index in [1.54, 1.807) is 0 Å². The number of hydrogen-bond donors (Lipinski definition) is 1. The number of amides is 1. The summed E-state index contributed by atoms with van der Waals surface area (Å²) < 4.78 is 0. The van der Waals surface area contributed by atoms with Gasteiger partial charge in [0.2, 0.25) is 0 Å². The number of hydrogen-bond acceptors (Lipinski definition) is 4. The van der Waals surface area contributed by atoms with Crippen molar-refractivity contribution in [1.29, 1.82) is 5.26 Å². The van der Waals surface area contributed by atoms with E-state index in [-0.39, 0.29) is 5.69 Å². The van der Waals surface area contributed by atoms with Gasteiger partial charge in [-0.3, -0.25) is 10.1 Å². The Hall–Kier alpha value is -1.96. The molecule has 0 aliphatic heterocycles.